The van der Waals surface area contributed by atoms with E-state index < -0.39 is 24.7 Å². The molecule has 1 aliphatic heterocycles. The van der Waals surface area contributed by atoms with Gasteiger partial charge in [-0.05, 0) is 12.1 Å². The number of aromatic nitrogens is 2. The summed E-state index contributed by atoms with van der Waals surface area (Å²) in [7, 11) is 0. The highest BCUT2D eigenvalue weighted by molar-refractivity contribution is 5.90. The highest BCUT2D eigenvalue weighted by Crippen LogP contribution is 2.29. The molecule has 0 saturated carbocycles. The third-order valence-corrected chi connectivity index (χ3v) is 3.81. The lowest BCUT2D eigenvalue weighted by molar-refractivity contribution is -0.142. The topological polar surface area (TPSA) is 129 Å². The van der Waals surface area contributed by atoms with Gasteiger partial charge in [0.05, 0.1) is 18.8 Å². The Morgan fingerprint density at radius 1 is 1.16 bits per heavy atom. The van der Waals surface area contributed by atoms with Crippen LogP contribution >= 0.6 is 0 Å². The number of anilines is 1. The van der Waals surface area contributed by atoms with Gasteiger partial charge in [0.2, 0.25) is 0 Å². The molecule has 166 valence electrons. The fourth-order valence-electron chi connectivity index (χ4n) is 2.60. The van der Waals surface area contributed by atoms with Crippen molar-refractivity contribution in [3.63, 3.8) is 0 Å². The number of rotatable bonds is 7. The zero-order valence-corrected chi connectivity index (χ0v) is 16.1. The van der Waals surface area contributed by atoms with Crippen molar-refractivity contribution in [1.82, 2.24) is 15.1 Å². The third kappa shape index (κ3) is 8.20. The van der Waals surface area contributed by atoms with Gasteiger partial charge < -0.3 is 20.8 Å². The smallest absolute Gasteiger partial charge is 0.408 e. The first-order valence-corrected chi connectivity index (χ1v) is 8.98. The van der Waals surface area contributed by atoms with E-state index in [1.807, 2.05) is 12.1 Å². The molecule has 31 heavy (non-hydrogen) atoms. The number of carbonyl (C=O) groups is 2. The molecule has 0 amide bonds. The van der Waals surface area contributed by atoms with Crippen LogP contribution < -0.4 is 10.6 Å². The zero-order chi connectivity index (χ0) is 22.9. The first-order valence-electron chi connectivity index (χ1n) is 8.98. The van der Waals surface area contributed by atoms with Gasteiger partial charge in [-0.3, -0.25) is 9.67 Å². The molecule has 0 atom stereocenters. The molecule has 1 aromatic carbocycles. The van der Waals surface area contributed by atoms with Crippen LogP contribution in [0.4, 0.5) is 18.9 Å². The van der Waals surface area contributed by atoms with Crippen LogP contribution in [0.3, 0.4) is 0 Å². The molecule has 0 saturated heterocycles. The fraction of sp³-hybridized carbons (Fsp3) is 0.263. The van der Waals surface area contributed by atoms with Crippen molar-refractivity contribution in [2.24, 2.45) is 4.99 Å². The summed E-state index contributed by atoms with van der Waals surface area (Å²) in [6.45, 7) is 0.955. The highest BCUT2D eigenvalue weighted by atomic mass is 19.4. The lowest BCUT2D eigenvalue weighted by Gasteiger charge is -2.15. The second-order valence-electron chi connectivity index (χ2n) is 6.15. The molecule has 1 aromatic heterocycles. The summed E-state index contributed by atoms with van der Waals surface area (Å²) in [5.41, 5.74) is 1.84. The predicted octanol–water partition coefficient (Wildman–Crippen LogP) is 2.24. The van der Waals surface area contributed by atoms with Crippen molar-refractivity contribution in [3.8, 4) is 11.3 Å². The SMILES string of the molecule is FC(F)(F)Cn1nccc1-c1ccccc1NCC1=NCCN1.O=C(O)C=CC(=O)O. The van der Waals surface area contributed by atoms with Crippen molar-refractivity contribution < 1.29 is 33.0 Å². The first-order chi connectivity index (χ1) is 14.7. The Morgan fingerprint density at radius 3 is 2.42 bits per heavy atom. The van der Waals surface area contributed by atoms with E-state index >= 15 is 0 Å². The number of aliphatic imine (C=N–C) groups is 1. The number of aliphatic carboxylic acids is 2. The molecule has 2 aromatic rings. The Labute approximate surface area is 174 Å². The number of carboxylic acids is 2. The summed E-state index contributed by atoms with van der Waals surface area (Å²) in [6.07, 6.45) is -1.82. The van der Waals surface area contributed by atoms with E-state index in [9.17, 15) is 22.8 Å². The average Bonchev–Trinajstić information content (AvgIpc) is 3.36. The van der Waals surface area contributed by atoms with E-state index in [1.54, 1.807) is 18.2 Å². The van der Waals surface area contributed by atoms with E-state index in [-0.39, 0.29) is 0 Å². The van der Waals surface area contributed by atoms with Gasteiger partial charge in [0.1, 0.15) is 12.4 Å². The van der Waals surface area contributed by atoms with Gasteiger partial charge in [0.25, 0.3) is 0 Å². The van der Waals surface area contributed by atoms with Gasteiger partial charge in [0, 0.05) is 36.1 Å². The summed E-state index contributed by atoms with van der Waals surface area (Å²) in [5, 5.41) is 25.8. The first kappa shape index (κ1) is 23.4. The molecule has 0 bridgehead atoms. The van der Waals surface area contributed by atoms with Crippen LogP contribution in [-0.2, 0) is 16.1 Å². The molecule has 0 spiro atoms. The minimum atomic E-state index is -4.31. The number of benzene rings is 1. The molecule has 9 nitrogen and oxygen atoms in total. The Bertz CT molecular complexity index is 953. The lowest BCUT2D eigenvalue weighted by atomic mass is 10.1. The minimum absolute atomic E-state index is 0.423. The van der Waals surface area contributed by atoms with E-state index in [2.05, 4.69) is 20.7 Å². The Hall–Kier alpha value is -3.83. The maximum absolute atomic E-state index is 12.7. The summed E-state index contributed by atoms with van der Waals surface area (Å²) in [5.74, 6) is -1.66. The van der Waals surface area contributed by atoms with Gasteiger partial charge in [-0.1, -0.05) is 18.2 Å². The second-order valence-corrected chi connectivity index (χ2v) is 6.15. The molecule has 12 heteroatoms. The van der Waals surface area contributed by atoms with E-state index in [0.29, 0.717) is 30.0 Å². The Kier molecular flexibility index (Phi) is 8.17. The quantitative estimate of drug-likeness (QED) is 0.487. The van der Waals surface area contributed by atoms with Crippen LogP contribution in [0.2, 0.25) is 0 Å². The fourth-order valence-corrected chi connectivity index (χ4v) is 2.60. The monoisotopic (exact) mass is 439 g/mol. The molecule has 0 radical (unpaired) electrons. The molecule has 0 fully saturated rings. The van der Waals surface area contributed by atoms with Crippen molar-refractivity contribution in [2.45, 2.75) is 12.7 Å². The second kappa shape index (κ2) is 10.8. The summed E-state index contributed by atoms with van der Waals surface area (Å²) < 4.78 is 39.0. The third-order valence-electron chi connectivity index (χ3n) is 3.81. The van der Waals surface area contributed by atoms with Crippen LogP contribution in [0.5, 0.6) is 0 Å². The summed E-state index contributed by atoms with van der Waals surface area (Å²) in [6, 6.07) is 8.81. The Balaban J connectivity index is 0.000000366. The van der Waals surface area contributed by atoms with Gasteiger partial charge >= 0.3 is 18.1 Å². The van der Waals surface area contributed by atoms with Crippen LogP contribution in [0, 0.1) is 0 Å². The van der Waals surface area contributed by atoms with Gasteiger partial charge in [-0.2, -0.15) is 18.3 Å². The minimum Gasteiger partial charge on any atom is -0.478 e. The van der Waals surface area contributed by atoms with Crippen molar-refractivity contribution in [1.29, 1.82) is 0 Å². The molecule has 3 rings (SSSR count). The standard InChI is InChI=1S/C15H16F3N5.C4H4O4/c16-15(17,18)10-23-13(5-6-22-23)11-3-1-2-4-12(11)21-9-14-19-7-8-20-14;5-3(6)1-2-4(7)8/h1-6,21H,7-10H2,(H,19,20);1-2H,(H,5,6)(H,7,8). The van der Waals surface area contributed by atoms with E-state index in [0.717, 1.165) is 29.3 Å². The number of para-hydroxylation sites is 1. The average molecular weight is 439 g/mol. The van der Waals surface area contributed by atoms with E-state index in [4.69, 9.17) is 10.2 Å². The summed E-state index contributed by atoms with van der Waals surface area (Å²) >= 11 is 0. The molecular formula is C19H20F3N5O4. The zero-order valence-electron chi connectivity index (χ0n) is 16.1. The van der Waals surface area contributed by atoms with E-state index in [1.165, 1.54) is 6.20 Å². The number of carboxylic acid groups (broad SMARTS) is 2. The molecule has 0 aliphatic carbocycles. The highest BCUT2D eigenvalue weighted by Gasteiger charge is 2.29. The number of amidine groups is 1. The van der Waals surface area contributed by atoms with Gasteiger partial charge in [-0.15, -0.1) is 0 Å². The van der Waals surface area contributed by atoms with Crippen LogP contribution in [0.15, 0.2) is 53.7 Å². The van der Waals surface area contributed by atoms with Crippen LogP contribution in [-0.4, -0.2) is 63.6 Å². The Morgan fingerprint density at radius 2 is 1.84 bits per heavy atom. The van der Waals surface area contributed by atoms with Crippen molar-refractivity contribution in [3.05, 3.63) is 48.7 Å². The number of nitrogens with zero attached hydrogens (tertiary/aromatic N) is 3. The number of nitrogens with one attached hydrogen (secondary N) is 2. The van der Waals surface area contributed by atoms with Crippen LogP contribution in [0.25, 0.3) is 11.3 Å². The largest absolute Gasteiger partial charge is 0.478 e. The predicted molar refractivity (Wildman–Crippen MR) is 107 cm³/mol. The maximum Gasteiger partial charge on any atom is 0.408 e. The van der Waals surface area contributed by atoms with Gasteiger partial charge in [0.15, 0.2) is 0 Å². The number of alkyl halides is 3. The number of hydrogen-bond acceptors (Lipinski definition) is 6. The molecule has 0 unspecified atom stereocenters. The molecule has 2 heterocycles. The number of halogens is 3. The molecule has 1 aliphatic rings. The molecular weight excluding hydrogens is 419 g/mol. The normalized spacial score (nSPS) is 13.2. The maximum atomic E-state index is 12.7. The van der Waals surface area contributed by atoms with Gasteiger partial charge in [-0.25, -0.2) is 9.59 Å². The van der Waals surface area contributed by atoms with Crippen molar-refractivity contribution in [2.75, 3.05) is 25.0 Å². The number of hydrogen-bond donors (Lipinski definition) is 4. The van der Waals surface area contributed by atoms with Crippen molar-refractivity contribution >= 4 is 23.5 Å². The summed E-state index contributed by atoms with van der Waals surface area (Å²) in [4.78, 5) is 23.4. The molecule has 4 N–H and O–H groups in total. The van der Waals surface area contributed by atoms with Crippen LogP contribution in [0.1, 0.15) is 0 Å². The lowest BCUT2D eigenvalue weighted by Crippen LogP contribution is -2.26.